The van der Waals surface area contributed by atoms with Crippen molar-refractivity contribution in [2.24, 2.45) is 5.92 Å². The number of aryl methyl sites for hydroxylation is 1. The van der Waals surface area contributed by atoms with Crippen molar-refractivity contribution >= 4 is 17.2 Å². The van der Waals surface area contributed by atoms with Crippen molar-refractivity contribution in [1.29, 1.82) is 0 Å². The number of carbonyl (C=O) groups is 1. The number of thiazole rings is 1. The van der Waals surface area contributed by atoms with Gasteiger partial charge in [0.15, 0.2) is 0 Å². The van der Waals surface area contributed by atoms with E-state index in [1.165, 1.54) is 17.0 Å². The highest BCUT2D eigenvalue weighted by Gasteiger charge is 2.22. The zero-order chi connectivity index (χ0) is 17.1. The molecule has 0 N–H and O–H groups in total. The van der Waals surface area contributed by atoms with E-state index in [1.807, 2.05) is 11.8 Å². The summed E-state index contributed by atoms with van der Waals surface area (Å²) in [6, 6.07) is 3.40. The van der Waals surface area contributed by atoms with Crippen LogP contribution in [0.2, 0.25) is 0 Å². The van der Waals surface area contributed by atoms with Gasteiger partial charge in [-0.3, -0.25) is 4.79 Å². The van der Waals surface area contributed by atoms with Crippen LogP contribution in [-0.2, 0) is 19.4 Å². The zero-order valence-corrected chi connectivity index (χ0v) is 15.2. The largest absolute Gasteiger partial charge is 0.481 e. The van der Waals surface area contributed by atoms with Crippen LogP contribution in [0, 0.1) is 5.92 Å². The predicted molar refractivity (Wildman–Crippen MR) is 94.5 cm³/mol. The number of hydrogen-bond acceptors (Lipinski definition) is 5. The number of hydrogen-bond donors (Lipinski definition) is 0. The average Bonchev–Trinajstić information content (AvgIpc) is 3.00. The van der Waals surface area contributed by atoms with Crippen molar-refractivity contribution in [1.82, 2.24) is 14.9 Å². The third-order valence-corrected chi connectivity index (χ3v) is 5.52. The van der Waals surface area contributed by atoms with Crippen LogP contribution in [0.3, 0.4) is 0 Å². The lowest BCUT2D eigenvalue weighted by Gasteiger charge is -2.19. The van der Waals surface area contributed by atoms with Crippen LogP contribution < -0.4 is 4.74 Å². The van der Waals surface area contributed by atoms with Crippen molar-refractivity contribution in [2.45, 2.75) is 39.7 Å². The molecule has 0 saturated heterocycles. The number of pyridine rings is 1. The number of methoxy groups -OCH3 is 1. The topological polar surface area (TPSA) is 55.3 Å². The van der Waals surface area contributed by atoms with Crippen molar-refractivity contribution in [3.05, 3.63) is 39.5 Å². The first-order chi connectivity index (χ1) is 11.6. The summed E-state index contributed by atoms with van der Waals surface area (Å²) in [6.07, 6.45) is 5.00. The third kappa shape index (κ3) is 3.59. The molecule has 0 spiro atoms. The van der Waals surface area contributed by atoms with Gasteiger partial charge in [0, 0.05) is 29.2 Å². The molecule has 2 aromatic rings. The Morgan fingerprint density at radius 3 is 3.08 bits per heavy atom. The Balaban J connectivity index is 1.75. The average molecular weight is 345 g/mol. The molecule has 1 aliphatic carbocycles. The highest BCUT2D eigenvalue weighted by atomic mass is 32.1. The number of amides is 1. The normalized spacial score (nSPS) is 16.5. The molecule has 5 nitrogen and oxygen atoms in total. The molecule has 3 rings (SSSR count). The Bertz CT molecular complexity index is 729. The van der Waals surface area contributed by atoms with Crippen LogP contribution in [-0.4, -0.2) is 34.4 Å². The van der Waals surface area contributed by atoms with E-state index < -0.39 is 0 Å². The minimum Gasteiger partial charge on any atom is -0.481 e. The van der Waals surface area contributed by atoms with E-state index in [4.69, 9.17) is 9.72 Å². The van der Waals surface area contributed by atoms with Gasteiger partial charge in [-0.2, -0.15) is 0 Å². The van der Waals surface area contributed by atoms with Crippen molar-refractivity contribution in [2.75, 3.05) is 13.7 Å². The Kier molecular flexibility index (Phi) is 5.14. The van der Waals surface area contributed by atoms with Gasteiger partial charge in [-0.25, -0.2) is 9.97 Å². The molecule has 1 atom stereocenters. The Morgan fingerprint density at radius 2 is 2.33 bits per heavy atom. The zero-order valence-electron chi connectivity index (χ0n) is 14.4. The first kappa shape index (κ1) is 16.9. The molecule has 2 aromatic heterocycles. The van der Waals surface area contributed by atoms with E-state index in [9.17, 15) is 4.79 Å². The van der Waals surface area contributed by atoms with Gasteiger partial charge in [0.2, 0.25) is 5.88 Å². The molecule has 6 heteroatoms. The van der Waals surface area contributed by atoms with Crippen LogP contribution in [0.15, 0.2) is 18.3 Å². The van der Waals surface area contributed by atoms with Gasteiger partial charge >= 0.3 is 0 Å². The smallest absolute Gasteiger partial charge is 0.254 e. The highest BCUT2D eigenvalue weighted by molar-refractivity contribution is 7.11. The Labute approximate surface area is 146 Å². The standard InChI is InChI=1S/C18H23N3O2S/c1-4-21(18(22)13-7-8-19-16(10-13)23-3)11-17-20-14-6-5-12(2)9-15(14)24-17/h7-8,10,12H,4-6,9,11H2,1-3H3. The Hall–Kier alpha value is -1.95. The number of carbonyl (C=O) groups excluding carboxylic acids is 1. The molecule has 0 aliphatic heterocycles. The lowest BCUT2D eigenvalue weighted by atomic mass is 9.93. The predicted octanol–water partition coefficient (Wildman–Crippen LogP) is 3.33. The number of nitrogens with zero attached hydrogens (tertiary/aromatic N) is 3. The number of fused-ring (bicyclic) bond motifs is 1. The van der Waals surface area contributed by atoms with Crippen LogP contribution in [0.5, 0.6) is 5.88 Å². The van der Waals surface area contributed by atoms with E-state index in [-0.39, 0.29) is 5.91 Å². The van der Waals surface area contributed by atoms with Crippen LogP contribution in [0.1, 0.15) is 46.2 Å². The van der Waals surface area contributed by atoms with E-state index in [2.05, 4.69) is 11.9 Å². The van der Waals surface area contributed by atoms with E-state index >= 15 is 0 Å². The highest BCUT2D eigenvalue weighted by Crippen LogP contribution is 2.30. The van der Waals surface area contributed by atoms with Gasteiger partial charge < -0.3 is 9.64 Å². The van der Waals surface area contributed by atoms with Crippen LogP contribution in [0.4, 0.5) is 0 Å². The third-order valence-electron chi connectivity index (χ3n) is 4.42. The second-order valence-corrected chi connectivity index (χ2v) is 7.40. The van der Waals surface area contributed by atoms with Crippen LogP contribution >= 0.6 is 11.3 Å². The molecule has 128 valence electrons. The first-order valence-electron chi connectivity index (χ1n) is 8.37. The van der Waals surface area contributed by atoms with Gasteiger partial charge in [-0.15, -0.1) is 11.3 Å². The van der Waals surface area contributed by atoms with Crippen LogP contribution in [0.25, 0.3) is 0 Å². The summed E-state index contributed by atoms with van der Waals surface area (Å²) >= 11 is 1.76. The molecular formula is C18H23N3O2S. The summed E-state index contributed by atoms with van der Waals surface area (Å²) in [5.74, 6) is 1.18. The number of rotatable bonds is 5. The molecule has 1 amide bonds. The molecule has 0 aromatic carbocycles. The molecule has 24 heavy (non-hydrogen) atoms. The quantitative estimate of drug-likeness (QED) is 0.834. The maximum Gasteiger partial charge on any atom is 0.254 e. The minimum atomic E-state index is -0.0141. The van der Waals surface area contributed by atoms with E-state index in [0.29, 0.717) is 24.5 Å². The summed E-state index contributed by atoms with van der Waals surface area (Å²) in [5.41, 5.74) is 1.83. The van der Waals surface area contributed by atoms with E-state index in [1.54, 1.807) is 36.8 Å². The van der Waals surface area contributed by atoms with Crippen molar-refractivity contribution in [3.8, 4) is 5.88 Å². The lowest BCUT2D eigenvalue weighted by Crippen LogP contribution is -2.30. The second-order valence-electron chi connectivity index (χ2n) is 6.23. The first-order valence-corrected chi connectivity index (χ1v) is 9.19. The van der Waals surface area contributed by atoms with Gasteiger partial charge in [-0.1, -0.05) is 6.92 Å². The molecular weight excluding hydrogens is 322 g/mol. The molecule has 2 heterocycles. The summed E-state index contributed by atoms with van der Waals surface area (Å²) < 4.78 is 5.11. The van der Waals surface area contributed by atoms with Gasteiger partial charge in [0.05, 0.1) is 19.3 Å². The van der Waals surface area contributed by atoms with Crippen molar-refractivity contribution < 1.29 is 9.53 Å². The maximum atomic E-state index is 12.8. The van der Waals surface area contributed by atoms with Gasteiger partial charge in [0.1, 0.15) is 5.01 Å². The number of aromatic nitrogens is 2. The molecule has 1 aliphatic rings. The fraction of sp³-hybridized carbons (Fsp3) is 0.500. The maximum absolute atomic E-state index is 12.8. The monoisotopic (exact) mass is 345 g/mol. The summed E-state index contributed by atoms with van der Waals surface area (Å²) in [6.45, 7) is 5.49. The summed E-state index contributed by atoms with van der Waals surface area (Å²) in [7, 11) is 1.55. The Morgan fingerprint density at radius 1 is 1.50 bits per heavy atom. The molecule has 1 unspecified atom stereocenters. The molecule has 0 bridgehead atoms. The minimum absolute atomic E-state index is 0.0141. The SMILES string of the molecule is CCN(Cc1nc2c(s1)CC(C)CC2)C(=O)c1ccnc(OC)c1. The van der Waals surface area contributed by atoms with Crippen molar-refractivity contribution in [3.63, 3.8) is 0 Å². The summed E-state index contributed by atoms with van der Waals surface area (Å²) in [4.78, 5) is 24.8. The van der Waals surface area contributed by atoms with E-state index in [0.717, 1.165) is 23.8 Å². The second kappa shape index (κ2) is 7.30. The fourth-order valence-electron chi connectivity index (χ4n) is 2.99. The fourth-order valence-corrected chi connectivity index (χ4v) is 4.28. The van der Waals surface area contributed by atoms with Gasteiger partial charge in [0.25, 0.3) is 5.91 Å². The summed E-state index contributed by atoms with van der Waals surface area (Å²) in [5, 5.41) is 1.03. The lowest BCUT2D eigenvalue weighted by molar-refractivity contribution is 0.0752. The molecule has 0 fully saturated rings. The molecule has 0 saturated carbocycles. The number of ether oxygens (including phenoxy) is 1. The molecule has 0 radical (unpaired) electrons. The van der Waals surface area contributed by atoms with Gasteiger partial charge in [-0.05, 0) is 38.2 Å².